The number of aryl methyl sites for hydroxylation is 2. The molecular weight excluding hydrogens is 174 g/mol. The summed E-state index contributed by atoms with van der Waals surface area (Å²) in [7, 11) is 0. The highest BCUT2D eigenvalue weighted by molar-refractivity contribution is 5.32. The van der Waals surface area contributed by atoms with E-state index in [1.165, 1.54) is 6.42 Å². The SMILES string of the molecule is CCCn1cc(C)nc1NC1CC1C. The lowest BCUT2D eigenvalue weighted by Crippen LogP contribution is -2.10. The van der Waals surface area contributed by atoms with Crippen LogP contribution in [0, 0.1) is 12.8 Å². The molecule has 3 heteroatoms. The third-order valence-corrected chi connectivity index (χ3v) is 2.79. The second-order valence-corrected chi connectivity index (χ2v) is 4.36. The lowest BCUT2D eigenvalue weighted by Gasteiger charge is -2.07. The van der Waals surface area contributed by atoms with Crippen LogP contribution in [-0.4, -0.2) is 15.6 Å². The molecule has 1 fully saturated rings. The normalized spacial score (nSPS) is 25.1. The van der Waals surface area contributed by atoms with E-state index in [1.807, 2.05) is 6.92 Å². The molecule has 0 amide bonds. The van der Waals surface area contributed by atoms with Crippen molar-refractivity contribution in [2.24, 2.45) is 5.92 Å². The maximum Gasteiger partial charge on any atom is 0.203 e. The molecule has 2 atom stereocenters. The molecule has 78 valence electrons. The van der Waals surface area contributed by atoms with E-state index in [2.05, 4.69) is 34.9 Å². The van der Waals surface area contributed by atoms with Crippen LogP contribution in [0.1, 0.15) is 32.4 Å². The van der Waals surface area contributed by atoms with Gasteiger partial charge in [0.2, 0.25) is 5.95 Å². The number of anilines is 1. The minimum atomic E-state index is 0.660. The average Bonchev–Trinajstić information content (AvgIpc) is 2.68. The van der Waals surface area contributed by atoms with Gasteiger partial charge in [-0.1, -0.05) is 13.8 Å². The van der Waals surface area contributed by atoms with Gasteiger partial charge in [-0.15, -0.1) is 0 Å². The molecule has 1 saturated carbocycles. The van der Waals surface area contributed by atoms with Gasteiger partial charge in [0, 0.05) is 18.8 Å². The van der Waals surface area contributed by atoms with Crippen molar-refractivity contribution in [2.75, 3.05) is 5.32 Å². The summed E-state index contributed by atoms with van der Waals surface area (Å²) < 4.78 is 2.22. The summed E-state index contributed by atoms with van der Waals surface area (Å²) in [5.74, 6) is 1.88. The Morgan fingerprint density at radius 3 is 2.93 bits per heavy atom. The van der Waals surface area contributed by atoms with Crippen LogP contribution in [0.5, 0.6) is 0 Å². The van der Waals surface area contributed by atoms with Crippen molar-refractivity contribution in [3.63, 3.8) is 0 Å². The van der Waals surface area contributed by atoms with Crippen molar-refractivity contribution in [1.82, 2.24) is 9.55 Å². The Balaban J connectivity index is 2.06. The van der Waals surface area contributed by atoms with E-state index in [9.17, 15) is 0 Å². The summed E-state index contributed by atoms with van der Waals surface area (Å²) in [6.45, 7) is 7.58. The number of hydrogen-bond donors (Lipinski definition) is 1. The van der Waals surface area contributed by atoms with E-state index < -0.39 is 0 Å². The Hall–Kier alpha value is -0.990. The van der Waals surface area contributed by atoms with Crippen molar-refractivity contribution in [2.45, 2.75) is 46.2 Å². The van der Waals surface area contributed by atoms with Crippen LogP contribution >= 0.6 is 0 Å². The topological polar surface area (TPSA) is 29.9 Å². The summed E-state index contributed by atoms with van der Waals surface area (Å²) in [6.07, 6.45) is 4.57. The van der Waals surface area contributed by atoms with E-state index in [0.29, 0.717) is 6.04 Å². The van der Waals surface area contributed by atoms with Gasteiger partial charge >= 0.3 is 0 Å². The van der Waals surface area contributed by atoms with Gasteiger partial charge in [0.25, 0.3) is 0 Å². The Morgan fingerprint density at radius 1 is 1.64 bits per heavy atom. The Kier molecular flexibility index (Phi) is 2.48. The zero-order valence-electron chi connectivity index (χ0n) is 9.25. The fourth-order valence-corrected chi connectivity index (χ4v) is 1.76. The van der Waals surface area contributed by atoms with E-state index in [0.717, 1.165) is 30.5 Å². The zero-order chi connectivity index (χ0) is 10.1. The van der Waals surface area contributed by atoms with Gasteiger partial charge < -0.3 is 9.88 Å². The molecule has 3 nitrogen and oxygen atoms in total. The molecule has 1 N–H and O–H groups in total. The van der Waals surface area contributed by atoms with E-state index in [-0.39, 0.29) is 0 Å². The van der Waals surface area contributed by atoms with Crippen molar-refractivity contribution in [1.29, 1.82) is 0 Å². The van der Waals surface area contributed by atoms with Crippen LogP contribution in [0.2, 0.25) is 0 Å². The van der Waals surface area contributed by atoms with Crippen LogP contribution in [0.3, 0.4) is 0 Å². The summed E-state index contributed by atoms with van der Waals surface area (Å²) in [5, 5.41) is 3.49. The molecule has 2 rings (SSSR count). The first-order valence-electron chi connectivity index (χ1n) is 5.51. The molecule has 1 aromatic rings. The van der Waals surface area contributed by atoms with Crippen LogP contribution < -0.4 is 5.32 Å². The molecule has 0 spiro atoms. The first-order chi connectivity index (χ1) is 6.70. The Labute approximate surface area is 85.5 Å². The number of rotatable bonds is 4. The predicted octanol–water partition coefficient (Wildman–Crippen LogP) is 2.42. The molecule has 0 saturated heterocycles. The Bertz CT molecular complexity index is 316. The fourth-order valence-electron chi connectivity index (χ4n) is 1.76. The highest BCUT2D eigenvalue weighted by atomic mass is 15.2. The van der Waals surface area contributed by atoms with Gasteiger partial charge in [0.05, 0.1) is 5.69 Å². The third kappa shape index (κ3) is 1.91. The number of nitrogens with one attached hydrogen (secondary N) is 1. The highest BCUT2D eigenvalue weighted by Crippen LogP contribution is 2.32. The maximum absolute atomic E-state index is 4.50. The number of hydrogen-bond acceptors (Lipinski definition) is 2. The summed E-state index contributed by atoms with van der Waals surface area (Å²) in [5.41, 5.74) is 1.11. The minimum Gasteiger partial charge on any atom is -0.353 e. The van der Waals surface area contributed by atoms with Crippen LogP contribution in [0.25, 0.3) is 0 Å². The summed E-state index contributed by atoms with van der Waals surface area (Å²) in [6, 6.07) is 0.660. The fraction of sp³-hybridized carbons (Fsp3) is 0.727. The first-order valence-corrected chi connectivity index (χ1v) is 5.51. The molecule has 1 aliphatic carbocycles. The molecule has 0 aromatic carbocycles. The van der Waals surface area contributed by atoms with Crippen molar-refractivity contribution >= 4 is 5.95 Å². The average molecular weight is 193 g/mol. The molecule has 1 aromatic heterocycles. The second-order valence-electron chi connectivity index (χ2n) is 4.36. The van der Waals surface area contributed by atoms with E-state index in [4.69, 9.17) is 0 Å². The summed E-state index contributed by atoms with van der Waals surface area (Å²) in [4.78, 5) is 4.50. The van der Waals surface area contributed by atoms with Gasteiger partial charge in [-0.3, -0.25) is 0 Å². The van der Waals surface area contributed by atoms with Gasteiger partial charge in [-0.05, 0) is 25.7 Å². The number of nitrogens with zero attached hydrogens (tertiary/aromatic N) is 2. The van der Waals surface area contributed by atoms with Crippen LogP contribution in [0.15, 0.2) is 6.20 Å². The van der Waals surface area contributed by atoms with E-state index in [1.54, 1.807) is 0 Å². The standard InChI is InChI=1S/C11H19N3/c1-4-5-14-7-9(3)12-11(14)13-10-6-8(10)2/h7-8,10H,4-6H2,1-3H3,(H,12,13). The summed E-state index contributed by atoms with van der Waals surface area (Å²) >= 11 is 0. The lowest BCUT2D eigenvalue weighted by molar-refractivity contribution is 0.680. The van der Waals surface area contributed by atoms with Gasteiger partial charge in [0.15, 0.2) is 0 Å². The zero-order valence-corrected chi connectivity index (χ0v) is 9.25. The molecule has 0 aliphatic heterocycles. The quantitative estimate of drug-likeness (QED) is 0.796. The minimum absolute atomic E-state index is 0.660. The predicted molar refractivity (Wildman–Crippen MR) is 58.4 cm³/mol. The van der Waals surface area contributed by atoms with E-state index >= 15 is 0 Å². The van der Waals surface area contributed by atoms with Crippen molar-refractivity contribution in [3.8, 4) is 0 Å². The molecule has 2 unspecified atom stereocenters. The second kappa shape index (κ2) is 3.64. The maximum atomic E-state index is 4.50. The van der Waals surface area contributed by atoms with Crippen LogP contribution in [-0.2, 0) is 6.54 Å². The first kappa shape index (κ1) is 9.56. The van der Waals surface area contributed by atoms with Gasteiger partial charge in [0.1, 0.15) is 0 Å². The monoisotopic (exact) mass is 193 g/mol. The van der Waals surface area contributed by atoms with Crippen molar-refractivity contribution < 1.29 is 0 Å². The molecule has 0 radical (unpaired) electrons. The Morgan fingerprint density at radius 2 is 2.36 bits per heavy atom. The number of aromatic nitrogens is 2. The smallest absolute Gasteiger partial charge is 0.203 e. The highest BCUT2D eigenvalue weighted by Gasteiger charge is 2.33. The van der Waals surface area contributed by atoms with Crippen LogP contribution in [0.4, 0.5) is 5.95 Å². The molecular formula is C11H19N3. The lowest BCUT2D eigenvalue weighted by atomic mass is 10.4. The third-order valence-electron chi connectivity index (χ3n) is 2.79. The molecule has 1 heterocycles. The number of imidazole rings is 1. The van der Waals surface area contributed by atoms with Crippen molar-refractivity contribution in [3.05, 3.63) is 11.9 Å². The van der Waals surface area contributed by atoms with Gasteiger partial charge in [-0.2, -0.15) is 0 Å². The van der Waals surface area contributed by atoms with Gasteiger partial charge in [-0.25, -0.2) is 4.98 Å². The molecule has 0 bridgehead atoms. The largest absolute Gasteiger partial charge is 0.353 e. The molecule has 1 aliphatic rings. The molecule has 14 heavy (non-hydrogen) atoms.